The number of amides is 1. The van der Waals surface area contributed by atoms with E-state index in [1.54, 1.807) is 0 Å². The van der Waals surface area contributed by atoms with Crippen molar-refractivity contribution >= 4 is 11.7 Å². The molecule has 3 rings (SSSR count). The maximum atomic E-state index is 12.4. The fourth-order valence-corrected chi connectivity index (χ4v) is 3.33. The Labute approximate surface area is 141 Å². The number of nitrogen functional groups attached to an aromatic ring is 1. The summed E-state index contributed by atoms with van der Waals surface area (Å²) >= 11 is 0. The fraction of sp³-hybridized carbons (Fsp3) is 0.389. The number of carbonyl (C=O) groups is 1. The molecule has 126 valence electrons. The molecule has 6 nitrogen and oxygen atoms in total. The Hall–Kier alpha value is -2.47. The van der Waals surface area contributed by atoms with Gasteiger partial charge in [-0.2, -0.15) is 0 Å². The van der Waals surface area contributed by atoms with Gasteiger partial charge in [0.15, 0.2) is 11.5 Å². The summed E-state index contributed by atoms with van der Waals surface area (Å²) in [4.78, 5) is 20.4. The lowest BCUT2D eigenvalue weighted by atomic mass is 9.72. The first-order valence-electron chi connectivity index (χ1n) is 8.11. The Morgan fingerprint density at radius 3 is 2.67 bits per heavy atom. The van der Waals surface area contributed by atoms with E-state index in [0.29, 0.717) is 19.8 Å². The molecule has 1 saturated heterocycles. The average molecular weight is 326 g/mol. The summed E-state index contributed by atoms with van der Waals surface area (Å²) in [5.74, 6) is -0.146. The smallest absolute Gasteiger partial charge is 0.273 e. The number of benzene rings is 1. The van der Waals surface area contributed by atoms with Crippen molar-refractivity contribution in [3.05, 3.63) is 53.5 Å². The van der Waals surface area contributed by atoms with E-state index in [4.69, 9.17) is 10.5 Å². The first-order chi connectivity index (χ1) is 11.6. The van der Waals surface area contributed by atoms with Gasteiger partial charge in [0.05, 0.1) is 0 Å². The Balaban J connectivity index is 1.82. The Kier molecular flexibility index (Phi) is 4.76. The van der Waals surface area contributed by atoms with Crippen LogP contribution in [0, 0.1) is 6.92 Å². The molecule has 0 saturated carbocycles. The topological polar surface area (TPSA) is 90.1 Å². The standard InChI is InChI=1S/C18H22N4O2/c1-13-4-2-3-5-14(13)18(6-10-24-11-7-18)12-22-17(23)15-16(19)21-9-8-20-15/h2-5,8-9H,6-7,10-12H2,1H3,(H2,19,21)(H,22,23). The number of carbonyl (C=O) groups excluding carboxylic acids is 1. The minimum Gasteiger partial charge on any atom is -0.382 e. The molecule has 0 unspecified atom stereocenters. The highest BCUT2D eigenvalue weighted by atomic mass is 16.5. The van der Waals surface area contributed by atoms with E-state index >= 15 is 0 Å². The fourth-order valence-electron chi connectivity index (χ4n) is 3.33. The van der Waals surface area contributed by atoms with Crippen LogP contribution in [-0.4, -0.2) is 35.6 Å². The first-order valence-corrected chi connectivity index (χ1v) is 8.11. The predicted octanol–water partition coefficient (Wildman–Crippen LogP) is 1.85. The highest BCUT2D eigenvalue weighted by Gasteiger charge is 2.36. The molecule has 0 atom stereocenters. The van der Waals surface area contributed by atoms with Crippen LogP contribution >= 0.6 is 0 Å². The lowest BCUT2D eigenvalue weighted by molar-refractivity contribution is 0.0484. The quantitative estimate of drug-likeness (QED) is 0.895. The van der Waals surface area contributed by atoms with E-state index < -0.39 is 0 Å². The maximum absolute atomic E-state index is 12.4. The van der Waals surface area contributed by atoms with E-state index in [0.717, 1.165) is 12.8 Å². The van der Waals surface area contributed by atoms with E-state index in [2.05, 4.69) is 34.3 Å². The van der Waals surface area contributed by atoms with Gasteiger partial charge in [-0.15, -0.1) is 0 Å². The van der Waals surface area contributed by atoms with E-state index in [-0.39, 0.29) is 22.8 Å². The van der Waals surface area contributed by atoms with Crippen molar-refractivity contribution in [3.8, 4) is 0 Å². The summed E-state index contributed by atoms with van der Waals surface area (Å²) < 4.78 is 5.54. The van der Waals surface area contributed by atoms with Crippen molar-refractivity contribution in [3.63, 3.8) is 0 Å². The SMILES string of the molecule is Cc1ccccc1C1(CNC(=O)c2nccnc2N)CCOCC1. The van der Waals surface area contributed by atoms with Gasteiger partial charge in [0.1, 0.15) is 0 Å². The first kappa shape index (κ1) is 16.4. The van der Waals surface area contributed by atoms with Crippen LogP contribution in [0.1, 0.15) is 34.5 Å². The molecule has 3 N–H and O–H groups in total. The molecular weight excluding hydrogens is 304 g/mol. The molecule has 2 aromatic rings. The second-order valence-corrected chi connectivity index (χ2v) is 6.18. The monoisotopic (exact) mass is 326 g/mol. The minimum absolute atomic E-state index is 0.129. The molecule has 2 heterocycles. The summed E-state index contributed by atoms with van der Waals surface area (Å²) in [5.41, 5.74) is 8.28. The third-order valence-corrected chi connectivity index (χ3v) is 4.70. The number of hydrogen-bond acceptors (Lipinski definition) is 5. The number of aromatic nitrogens is 2. The normalized spacial score (nSPS) is 16.5. The van der Waals surface area contributed by atoms with Gasteiger partial charge in [0.25, 0.3) is 5.91 Å². The van der Waals surface area contributed by atoms with Crippen LogP contribution in [0.4, 0.5) is 5.82 Å². The number of rotatable bonds is 4. The van der Waals surface area contributed by atoms with Crippen molar-refractivity contribution in [1.82, 2.24) is 15.3 Å². The molecule has 0 spiro atoms. The second-order valence-electron chi connectivity index (χ2n) is 6.18. The lowest BCUT2D eigenvalue weighted by Crippen LogP contribution is -2.45. The van der Waals surface area contributed by atoms with E-state index in [1.807, 2.05) is 12.1 Å². The number of nitrogens with one attached hydrogen (secondary N) is 1. The Morgan fingerprint density at radius 2 is 1.96 bits per heavy atom. The molecule has 1 aliphatic heterocycles. The van der Waals surface area contributed by atoms with Crippen LogP contribution in [0.25, 0.3) is 0 Å². The number of nitrogens with zero attached hydrogens (tertiary/aromatic N) is 2. The molecule has 24 heavy (non-hydrogen) atoms. The van der Waals surface area contributed by atoms with Gasteiger partial charge in [0, 0.05) is 37.6 Å². The summed E-state index contributed by atoms with van der Waals surface area (Å²) in [7, 11) is 0. The molecule has 1 amide bonds. The summed E-state index contributed by atoms with van der Waals surface area (Å²) in [5, 5.41) is 3.00. The third kappa shape index (κ3) is 3.23. The number of hydrogen-bond donors (Lipinski definition) is 2. The molecule has 6 heteroatoms. The summed E-state index contributed by atoms with van der Waals surface area (Å²) in [6.45, 7) is 4.01. The zero-order valence-electron chi connectivity index (χ0n) is 13.8. The molecule has 0 bridgehead atoms. The number of ether oxygens (including phenoxy) is 1. The van der Waals surface area contributed by atoms with Crippen molar-refractivity contribution in [2.45, 2.75) is 25.2 Å². The van der Waals surface area contributed by atoms with Crippen LogP contribution in [-0.2, 0) is 10.2 Å². The van der Waals surface area contributed by atoms with Crippen molar-refractivity contribution in [1.29, 1.82) is 0 Å². The second kappa shape index (κ2) is 6.97. The lowest BCUT2D eigenvalue weighted by Gasteiger charge is -2.39. The molecule has 0 radical (unpaired) electrons. The molecule has 1 aromatic heterocycles. The molecule has 0 aliphatic carbocycles. The average Bonchev–Trinajstić information content (AvgIpc) is 2.61. The molecule has 1 fully saturated rings. The molecule has 1 aliphatic rings. The summed E-state index contributed by atoms with van der Waals surface area (Å²) in [6.07, 6.45) is 4.68. The van der Waals surface area contributed by atoms with Gasteiger partial charge in [-0.25, -0.2) is 9.97 Å². The van der Waals surface area contributed by atoms with Gasteiger partial charge < -0.3 is 15.8 Å². The summed E-state index contributed by atoms with van der Waals surface area (Å²) in [6, 6.07) is 8.32. The van der Waals surface area contributed by atoms with Gasteiger partial charge in [-0.05, 0) is 30.9 Å². The van der Waals surface area contributed by atoms with Crippen LogP contribution in [0.3, 0.4) is 0 Å². The van der Waals surface area contributed by atoms with Crippen molar-refractivity contribution in [2.75, 3.05) is 25.5 Å². The highest BCUT2D eigenvalue weighted by Crippen LogP contribution is 2.36. The van der Waals surface area contributed by atoms with Crippen molar-refractivity contribution in [2.24, 2.45) is 0 Å². The number of anilines is 1. The Bertz CT molecular complexity index is 726. The predicted molar refractivity (Wildman–Crippen MR) is 91.7 cm³/mol. The van der Waals surface area contributed by atoms with E-state index in [1.165, 1.54) is 23.5 Å². The van der Waals surface area contributed by atoms with Crippen molar-refractivity contribution < 1.29 is 9.53 Å². The largest absolute Gasteiger partial charge is 0.382 e. The van der Waals surface area contributed by atoms with Gasteiger partial charge >= 0.3 is 0 Å². The van der Waals surface area contributed by atoms with E-state index in [9.17, 15) is 4.79 Å². The zero-order valence-corrected chi connectivity index (χ0v) is 13.8. The zero-order chi connectivity index (χ0) is 17.0. The maximum Gasteiger partial charge on any atom is 0.273 e. The van der Waals surface area contributed by atoms with Crippen LogP contribution < -0.4 is 11.1 Å². The van der Waals surface area contributed by atoms with Crippen LogP contribution in [0.2, 0.25) is 0 Å². The Morgan fingerprint density at radius 1 is 1.25 bits per heavy atom. The van der Waals surface area contributed by atoms with Crippen LogP contribution in [0.15, 0.2) is 36.7 Å². The van der Waals surface area contributed by atoms with Gasteiger partial charge in [-0.3, -0.25) is 4.79 Å². The van der Waals surface area contributed by atoms with Gasteiger partial charge in [0.2, 0.25) is 0 Å². The van der Waals surface area contributed by atoms with Crippen LogP contribution in [0.5, 0.6) is 0 Å². The number of aryl methyl sites for hydroxylation is 1. The number of nitrogens with two attached hydrogens (primary N) is 1. The highest BCUT2D eigenvalue weighted by molar-refractivity contribution is 5.96. The third-order valence-electron chi connectivity index (χ3n) is 4.70. The molecular formula is C18H22N4O2. The molecule has 1 aromatic carbocycles. The minimum atomic E-state index is -0.292. The van der Waals surface area contributed by atoms with Gasteiger partial charge in [-0.1, -0.05) is 24.3 Å².